The van der Waals surface area contributed by atoms with E-state index in [0.717, 1.165) is 36.8 Å². The monoisotopic (exact) mass is 419 g/mol. The summed E-state index contributed by atoms with van der Waals surface area (Å²) in [5, 5.41) is 0. The third-order valence-corrected chi connectivity index (χ3v) is 6.29. The Bertz CT molecular complexity index is 936. The molecule has 2 aromatic carbocycles. The predicted molar refractivity (Wildman–Crippen MR) is 118 cm³/mol. The molecule has 1 heterocycles. The van der Waals surface area contributed by atoms with Crippen molar-refractivity contribution in [3.05, 3.63) is 71.3 Å². The molecule has 0 spiro atoms. The molecule has 6 heteroatoms. The van der Waals surface area contributed by atoms with E-state index in [4.69, 9.17) is 0 Å². The number of benzene rings is 2. The maximum atomic E-state index is 12.7. The highest BCUT2D eigenvalue weighted by Crippen LogP contribution is 2.25. The van der Waals surface area contributed by atoms with Gasteiger partial charge in [0.05, 0.1) is 0 Å². The van der Waals surface area contributed by atoms with Crippen LogP contribution in [-0.2, 0) is 22.7 Å². The van der Waals surface area contributed by atoms with Gasteiger partial charge in [-0.3, -0.25) is 14.4 Å². The number of hydrogen-bond donors (Lipinski definition) is 0. The van der Waals surface area contributed by atoms with E-state index in [0.29, 0.717) is 31.7 Å². The summed E-state index contributed by atoms with van der Waals surface area (Å²) in [4.78, 5) is 43.0. The molecule has 0 aromatic heterocycles. The highest BCUT2D eigenvalue weighted by molar-refractivity contribution is 6.35. The molecule has 2 fully saturated rings. The van der Waals surface area contributed by atoms with Gasteiger partial charge in [0.15, 0.2) is 0 Å². The first-order chi connectivity index (χ1) is 15.0. The number of nitrogens with zero attached hydrogens (tertiary/aromatic N) is 3. The van der Waals surface area contributed by atoms with Crippen LogP contribution in [0.15, 0.2) is 54.6 Å². The second-order valence-electron chi connectivity index (χ2n) is 8.51. The van der Waals surface area contributed by atoms with Crippen LogP contribution in [0.5, 0.6) is 0 Å². The zero-order chi connectivity index (χ0) is 21.8. The fourth-order valence-corrected chi connectivity index (χ4v) is 4.53. The van der Waals surface area contributed by atoms with Crippen molar-refractivity contribution in [1.29, 1.82) is 0 Å². The lowest BCUT2D eigenvalue weighted by molar-refractivity contribution is -0.158. The molecule has 3 amide bonds. The van der Waals surface area contributed by atoms with E-state index < -0.39 is 5.91 Å². The number of carbonyl (C=O) groups excluding carboxylic acids is 3. The molecule has 0 bridgehead atoms. The van der Waals surface area contributed by atoms with E-state index in [1.807, 2.05) is 42.5 Å². The third kappa shape index (κ3) is 4.79. The average Bonchev–Trinajstić information content (AvgIpc) is 3.32. The molecule has 0 unspecified atom stereocenters. The number of rotatable bonds is 6. The number of piperazine rings is 1. The largest absolute Gasteiger partial charge is 0.337 e. The van der Waals surface area contributed by atoms with E-state index in [-0.39, 0.29) is 17.9 Å². The Morgan fingerprint density at radius 1 is 0.903 bits per heavy atom. The molecule has 0 N–H and O–H groups in total. The van der Waals surface area contributed by atoms with Gasteiger partial charge in [-0.25, -0.2) is 0 Å². The lowest BCUT2D eigenvalue weighted by atomic mass is 10.1. The molecular formula is C25H29N3O3. The number of hydrogen-bond acceptors (Lipinski definition) is 3. The van der Waals surface area contributed by atoms with Crippen molar-refractivity contribution in [1.82, 2.24) is 14.7 Å². The zero-order valence-corrected chi connectivity index (χ0v) is 18.0. The molecule has 1 saturated heterocycles. The predicted octanol–water partition coefficient (Wildman–Crippen LogP) is 3.07. The van der Waals surface area contributed by atoms with Crippen molar-refractivity contribution in [2.24, 2.45) is 0 Å². The van der Waals surface area contributed by atoms with Crippen molar-refractivity contribution in [2.45, 2.75) is 44.8 Å². The van der Waals surface area contributed by atoms with Crippen LogP contribution in [0.4, 0.5) is 0 Å². The minimum absolute atomic E-state index is 0.0492. The van der Waals surface area contributed by atoms with E-state index in [2.05, 4.69) is 0 Å². The second kappa shape index (κ2) is 9.33. The van der Waals surface area contributed by atoms with Crippen LogP contribution >= 0.6 is 0 Å². The van der Waals surface area contributed by atoms with Gasteiger partial charge in [0.1, 0.15) is 0 Å². The molecule has 2 aromatic rings. The topological polar surface area (TPSA) is 60.9 Å². The Kier molecular flexibility index (Phi) is 6.35. The molecule has 31 heavy (non-hydrogen) atoms. The highest BCUT2D eigenvalue weighted by Gasteiger charge is 2.37. The van der Waals surface area contributed by atoms with Gasteiger partial charge < -0.3 is 14.7 Å². The van der Waals surface area contributed by atoms with Crippen LogP contribution in [-0.4, -0.2) is 58.6 Å². The van der Waals surface area contributed by atoms with Crippen LogP contribution < -0.4 is 0 Å². The summed E-state index contributed by atoms with van der Waals surface area (Å²) >= 11 is 0. The zero-order valence-electron chi connectivity index (χ0n) is 18.0. The molecule has 1 aliphatic heterocycles. The Morgan fingerprint density at radius 3 is 2.26 bits per heavy atom. The Labute approximate surface area is 183 Å². The van der Waals surface area contributed by atoms with Crippen LogP contribution in [0.25, 0.3) is 0 Å². The average molecular weight is 420 g/mol. The maximum Gasteiger partial charge on any atom is 0.312 e. The van der Waals surface area contributed by atoms with Crippen molar-refractivity contribution in [2.75, 3.05) is 20.1 Å². The molecule has 6 nitrogen and oxygen atoms in total. The number of carbonyl (C=O) groups is 3. The van der Waals surface area contributed by atoms with Crippen molar-refractivity contribution in [3.63, 3.8) is 0 Å². The van der Waals surface area contributed by atoms with Crippen LogP contribution in [0.3, 0.4) is 0 Å². The summed E-state index contributed by atoms with van der Waals surface area (Å²) in [6, 6.07) is 17.4. The highest BCUT2D eigenvalue weighted by atomic mass is 16.2. The van der Waals surface area contributed by atoms with E-state index >= 15 is 0 Å². The Hall–Kier alpha value is -3.15. The lowest BCUT2D eigenvalue weighted by Gasteiger charge is -2.37. The van der Waals surface area contributed by atoms with Gasteiger partial charge in [0.25, 0.3) is 5.91 Å². The molecule has 162 valence electrons. The van der Waals surface area contributed by atoms with Crippen molar-refractivity contribution < 1.29 is 14.4 Å². The Morgan fingerprint density at radius 2 is 1.58 bits per heavy atom. The first-order valence-corrected chi connectivity index (χ1v) is 11.0. The van der Waals surface area contributed by atoms with E-state index in [9.17, 15) is 14.4 Å². The fraction of sp³-hybridized carbons (Fsp3) is 0.400. The summed E-state index contributed by atoms with van der Waals surface area (Å²) in [7, 11) is 1.79. The summed E-state index contributed by atoms with van der Waals surface area (Å²) in [5.41, 5.74) is 2.60. The normalized spacial score (nSPS) is 17.3. The molecule has 4 rings (SSSR count). The van der Waals surface area contributed by atoms with Gasteiger partial charge in [0, 0.05) is 44.8 Å². The summed E-state index contributed by atoms with van der Waals surface area (Å²) in [5.74, 6) is -0.833. The minimum atomic E-state index is -0.416. The van der Waals surface area contributed by atoms with Crippen molar-refractivity contribution in [3.8, 4) is 0 Å². The fourth-order valence-electron chi connectivity index (χ4n) is 4.53. The maximum absolute atomic E-state index is 12.7. The van der Waals surface area contributed by atoms with Gasteiger partial charge in [-0.05, 0) is 36.1 Å². The Balaban J connectivity index is 1.34. The van der Waals surface area contributed by atoms with Gasteiger partial charge in [-0.2, -0.15) is 0 Å². The molecule has 0 atom stereocenters. The van der Waals surface area contributed by atoms with Crippen LogP contribution in [0.1, 0.15) is 47.2 Å². The van der Waals surface area contributed by atoms with Gasteiger partial charge in [0.2, 0.25) is 0 Å². The molecule has 0 radical (unpaired) electrons. The summed E-state index contributed by atoms with van der Waals surface area (Å²) in [6.07, 6.45) is 4.29. The SMILES string of the molecule is CN(Cc1ccccc1)C(=O)c1ccc(CN2CCN(C3CCCC3)C(=O)C2=O)cc1. The van der Waals surface area contributed by atoms with Gasteiger partial charge in [-0.15, -0.1) is 0 Å². The van der Waals surface area contributed by atoms with Gasteiger partial charge >= 0.3 is 11.8 Å². The summed E-state index contributed by atoms with van der Waals surface area (Å²) in [6.45, 7) is 2.10. The van der Waals surface area contributed by atoms with E-state index in [1.165, 1.54) is 0 Å². The quantitative estimate of drug-likeness (QED) is 0.676. The second-order valence-corrected chi connectivity index (χ2v) is 8.51. The lowest BCUT2D eigenvalue weighted by Crippen LogP contribution is -2.56. The molecule has 1 aliphatic carbocycles. The minimum Gasteiger partial charge on any atom is -0.337 e. The van der Waals surface area contributed by atoms with E-state index in [1.54, 1.807) is 33.9 Å². The molecular weight excluding hydrogens is 390 g/mol. The summed E-state index contributed by atoms with van der Waals surface area (Å²) < 4.78 is 0. The van der Waals surface area contributed by atoms with Gasteiger partial charge in [-0.1, -0.05) is 55.3 Å². The standard InChI is InChI=1S/C25H29N3O3/c1-26(17-19-7-3-2-4-8-19)23(29)21-13-11-20(12-14-21)18-27-15-16-28(25(31)24(27)30)22-9-5-6-10-22/h2-4,7-8,11-14,22H,5-6,9-10,15-18H2,1H3. The molecule has 2 aliphatic rings. The molecule has 1 saturated carbocycles. The third-order valence-electron chi connectivity index (χ3n) is 6.29. The smallest absolute Gasteiger partial charge is 0.312 e. The van der Waals surface area contributed by atoms with Crippen molar-refractivity contribution >= 4 is 17.7 Å². The first-order valence-electron chi connectivity index (χ1n) is 11.0. The van der Waals surface area contributed by atoms with Crippen LogP contribution in [0, 0.1) is 0 Å². The first kappa shape index (κ1) is 21.1. The van der Waals surface area contributed by atoms with Crippen LogP contribution in [0.2, 0.25) is 0 Å². The number of amides is 3.